The van der Waals surface area contributed by atoms with Crippen LogP contribution in [-0.2, 0) is 0 Å². The third-order valence-electron chi connectivity index (χ3n) is 2.16. The average Bonchev–Trinajstić information content (AvgIpc) is 2.43. The maximum Gasteiger partial charge on any atom is 0.291 e. The first-order valence-electron chi connectivity index (χ1n) is 5.25. The van der Waals surface area contributed by atoms with Crippen molar-refractivity contribution in [3.8, 4) is 5.75 Å². The lowest BCUT2D eigenvalue weighted by Gasteiger charge is -2.00. The second-order valence-corrected chi connectivity index (χ2v) is 3.93. The van der Waals surface area contributed by atoms with Crippen LogP contribution in [-0.4, -0.2) is 27.2 Å². The van der Waals surface area contributed by atoms with Gasteiger partial charge in [-0.3, -0.25) is 9.78 Å². The van der Waals surface area contributed by atoms with Crippen LogP contribution in [0.5, 0.6) is 5.75 Å². The van der Waals surface area contributed by atoms with Gasteiger partial charge in [0, 0.05) is 23.0 Å². The predicted octanol–water partition coefficient (Wildman–Crippen LogP) is 1.60. The summed E-state index contributed by atoms with van der Waals surface area (Å²) >= 11 is 5.78. The summed E-state index contributed by atoms with van der Waals surface area (Å²) in [6, 6.07) is 4.51. The van der Waals surface area contributed by atoms with E-state index in [9.17, 15) is 9.90 Å². The minimum Gasteiger partial charge on any atom is -0.507 e. The van der Waals surface area contributed by atoms with Crippen molar-refractivity contribution in [1.29, 1.82) is 0 Å². The summed E-state index contributed by atoms with van der Waals surface area (Å²) in [5.41, 5.74) is 2.81. The van der Waals surface area contributed by atoms with Crippen molar-refractivity contribution in [1.82, 2.24) is 15.4 Å². The quantitative estimate of drug-likeness (QED) is 0.658. The summed E-state index contributed by atoms with van der Waals surface area (Å²) in [7, 11) is 0. The van der Waals surface area contributed by atoms with Gasteiger partial charge in [-0.15, -0.1) is 0 Å². The Hall–Kier alpha value is -2.47. The fourth-order valence-electron chi connectivity index (χ4n) is 1.26. The molecule has 7 heteroatoms. The van der Waals surface area contributed by atoms with Gasteiger partial charge in [0.2, 0.25) is 0 Å². The molecular formula is C12H9ClN4O2. The van der Waals surface area contributed by atoms with Gasteiger partial charge in [-0.2, -0.15) is 5.10 Å². The van der Waals surface area contributed by atoms with Gasteiger partial charge in [-0.25, -0.2) is 10.4 Å². The van der Waals surface area contributed by atoms with Crippen molar-refractivity contribution in [2.75, 3.05) is 0 Å². The van der Waals surface area contributed by atoms with Gasteiger partial charge in [0.1, 0.15) is 11.4 Å². The first-order chi connectivity index (χ1) is 9.16. The maximum atomic E-state index is 11.6. The van der Waals surface area contributed by atoms with E-state index in [1.54, 1.807) is 6.07 Å². The molecule has 96 valence electrons. The third-order valence-corrected chi connectivity index (χ3v) is 2.39. The summed E-state index contributed by atoms with van der Waals surface area (Å²) in [5.74, 6) is -0.479. The van der Waals surface area contributed by atoms with Crippen LogP contribution in [0.4, 0.5) is 0 Å². The van der Waals surface area contributed by atoms with Gasteiger partial charge < -0.3 is 5.11 Å². The van der Waals surface area contributed by atoms with Crippen molar-refractivity contribution >= 4 is 23.7 Å². The van der Waals surface area contributed by atoms with Crippen molar-refractivity contribution in [3.63, 3.8) is 0 Å². The van der Waals surface area contributed by atoms with Gasteiger partial charge >= 0.3 is 0 Å². The van der Waals surface area contributed by atoms with E-state index in [0.29, 0.717) is 10.6 Å². The number of hydrazone groups is 1. The molecule has 2 rings (SSSR count). The van der Waals surface area contributed by atoms with Crippen LogP contribution < -0.4 is 5.43 Å². The number of nitrogens with one attached hydrogen (secondary N) is 1. The van der Waals surface area contributed by atoms with Gasteiger partial charge in [-0.1, -0.05) is 11.6 Å². The van der Waals surface area contributed by atoms with Gasteiger partial charge in [0.25, 0.3) is 5.91 Å². The summed E-state index contributed by atoms with van der Waals surface area (Å²) < 4.78 is 0. The molecule has 1 aromatic carbocycles. The molecule has 0 bridgehead atoms. The lowest BCUT2D eigenvalue weighted by atomic mass is 10.2. The Bertz CT molecular complexity index is 616. The number of rotatable bonds is 3. The largest absolute Gasteiger partial charge is 0.507 e. The van der Waals surface area contributed by atoms with Gasteiger partial charge in [-0.05, 0) is 18.2 Å². The second kappa shape index (κ2) is 5.92. The molecule has 2 N–H and O–H groups in total. The number of phenols is 1. The zero-order chi connectivity index (χ0) is 13.7. The molecular weight excluding hydrogens is 268 g/mol. The van der Waals surface area contributed by atoms with Gasteiger partial charge in [0.05, 0.1) is 12.4 Å². The van der Waals surface area contributed by atoms with Crippen LogP contribution in [0.25, 0.3) is 0 Å². The molecule has 0 fully saturated rings. The number of aromatic nitrogens is 2. The molecule has 0 unspecified atom stereocenters. The molecule has 1 heterocycles. The van der Waals surface area contributed by atoms with E-state index >= 15 is 0 Å². The Kier molecular flexibility index (Phi) is 4.04. The first-order valence-corrected chi connectivity index (χ1v) is 5.62. The number of benzene rings is 1. The zero-order valence-electron chi connectivity index (χ0n) is 9.62. The number of hydrogen-bond donors (Lipinski definition) is 2. The van der Waals surface area contributed by atoms with Crippen LogP contribution >= 0.6 is 11.6 Å². The molecule has 1 amide bonds. The van der Waals surface area contributed by atoms with E-state index in [1.807, 2.05) is 0 Å². The number of carbonyl (C=O) groups is 1. The first kappa shape index (κ1) is 13.0. The Morgan fingerprint density at radius 2 is 2.26 bits per heavy atom. The number of halogens is 1. The van der Waals surface area contributed by atoms with E-state index in [2.05, 4.69) is 20.5 Å². The Balaban J connectivity index is 2.04. The fourth-order valence-corrected chi connectivity index (χ4v) is 1.44. The smallest absolute Gasteiger partial charge is 0.291 e. The van der Waals surface area contributed by atoms with E-state index in [1.165, 1.54) is 36.9 Å². The topological polar surface area (TPSA) is 87.5 Å². The number of hydrogen-bond acceptors (Lipinski definition) is 5. The number of nitrogens with zero attached hydrogens (tertiary/aromatic N) is 3. The van der Waals surface area contributed by atoms with Crippen molar-refractivity contribution in [2.45, 2.75) is 0 Å². The monoisotopic (exact) mass is 276 g/mol. The van der Waals surface area contributed by atoms with Crippen LogP contribution in [0.1, 0.15) is 16.1 Å². The van der Waals surface area contributed by atoms with E-state index in [-0.39, 0.29) is 11.4 Å². The molecule has 0 atom stereocenters. The normalized spacial score (nSPS) is 10.6. The number of aromatic hydroxyl groups is 1. The van der Waals surface area contributed by atoms with Crippen LogP contribution in [0, 0.1) is 0 Å². The third kappa shape index (κ3) is 3.49. The van der Waals surface area contributed by atoms with Gasteiger partial charge in [0.15, 0.2) is 0 Å². The fraction of sp³-hybridized carbons (Fsp3) is 0. The average molecular weight is 277 g/mol. The molecule has 0 saturated heterocycles. The Labute approximate surface area is 113 Å². The van der Waals surface area contributed by atoms with Crippen LogP contribution in [0.2, 0.25) is 5.02 Å². The van der Waals surface area contributed by atoms with Crippen LogP contribution in [0.3, 0.4) is 0 Å². The molecule has 2 aromatic rings. The van der Waals surface area contributed by atoms with Crippen molar-refractivity contribution in [3.05, 3.63) is 53.1 Å². The number of amides is 1. The maximum absolute atomic E-state index is 11.6. The SMILES string of the molecule is O=C(NN=Cc1cc(Cl)ccc1O)c1cnccn1. The molecule has 0 aliphatic rings. The summed E-state index contributed by atoms with van der Waals surface area (Å²) in [5, 5.41) is 13.7. The summed E-state index contributed by atoms with van der Waals surface area (Å²) in [6.07, 6.45) is 5.47. The lowest BCUT2D eigenvalue weighted by molar-refractivity contribution is 0.0949. The second-order valence-electron chi connectivity index (χ2n) is 3.49. The molecule has 1 aromatic heterocycles. The zero-order valence-corrected chi connectivity index (χ0v) is 10.4. The minimum atomic E-state index is -0.495. The molecule has 0 aliphatic heterocycles. The highest BCUT2D eigenvalue weighted by Gasteiger charge is 2.05. The number of phenolic OH excluding ortho intramolecular Hbond substituents is 1. The Morgan fingerprint density at radius 3 is 3.00 bits per heavy atom. The Morgan fingerprint density at radius 1 is 1.42 bits per heavy atom. The molecule has 0 spiro atoms. The summed E-state index contributed by atoms with van der Waals surface area (Å²) in [6.45, 7) is 0. The van der Waals surface area contributed by atoms with E-state index < -0.39 is 5.91 Å². The predicted molar refractivity (Wildman–Crippen MR) is 70.2 cm³/mol. The van der Waals surface area contributed by atoms with Crippen molar-refractivity contribution in [2.24, 2.45) is 5.10 Å². The molecule has 19 heavy (non-hydrogen) atoms. The molecule has 0 saturated carbocycles. The summed E-state index contributed by atoms with van der Waals surface area (Å²) in [4.78, 5) is 19.2. The molecule has 6 nitrogen and oxygen atoms in total. The van der Waals surface area contributed by atoms with E-state index in [4.69, 9.17) is 11.6 Å². The van der Waals surface area contributed by atoms with E-state index in [0.717, 1.165) is 0 Å². The standard InChI is InChI=1S/C12H9ClN4O2/c13-9-1-2-11(18)8(5-9)6-16-17-12(19)10-7-14-3-4-15-10/h1-7,18H,(H,17,19). The number of carbonyl (C=O) groups excluding carboxylic acids is 1. The minimum absolute atomic E-state index is 0.0156. The highest BCUT2D eigenvalue weighted by molar-refractivity contribution is 6.30. The van der Waals surface area contributed by atoms with Crippen molar-refractivity contribution < 1.29 is 9.90 Å². The molecule has 0 aliphatic carbocycles. The van der Waals surface area contributed by atoms with Crippen LogP contribution in [0.15, 0.2) is 41.9 Å². The highest BCUT2D eigenvalue weighted by Crippen LogP contribution is 2.19. The lowest BCUT2D eigenvalue weighted by Crippen LogP contribution is -2.19. The molecule has 0 radical (unpaired) electrons. The highest BCUT2D eigenvalue weighted by atomic mass is 35.5.